The van der Waals surface area contributed by atoms with E-state index >= 15 is 4.39 Å². The zero-order valence-corrected chi connectivity index (χ0v) is 22.0. The molecule has 0 saturated carbocycles. The first-order chi connectivity index (χ1) is 17.8. The number of rotatable bonds is 9. The van der Waals surface area contributed by atoms with Crippen LogP contribution in [0.15, 0.2) is 48.5 Å². The SMILES string of the molecule is CC(C)C(=S)NCC1CN(c2ccc(N3CCN(C(=O)COCc4ccccc4)CC3)c(F)c2)C(=O)O1. The van der Waals surface area contributed by atoms with Gasteiger partial charge in [0.1, 0.15) is 18.5 Å². The smallest absolute Gasteiger partial charge is 0.414 e. The summed E-state index contributed by atoms with van der Waals surface area (Å²) in [6.07, 6.45) is -0.870. The summed E-state index contributed by atoms with van der Waals surface area (Å²) in [5.74, 6) is -0.284. The zero-order valence-electron chi connectivity index (χ0n) is 21.2. The molecule has 1 unspecified atom stereocenters. The number of nitrogens with one attached hydrogen (secondary N) is 1. The molecule has 2 aromatic rings. The van der Waals surface area contributed by atoms with Crippen molar-refractivity contribution in [1.29, 1.82) is 0 Å². The first kappa shape index (κ1) is 26.8. The Labute approximate surface area is 222 Å². The fourth-order valence-electron chi connectivity index (χ4n) is 4.30. The Bertz CT molecular complexity index is 1110. The second-order valence-corrected chi connectivity index (χ2v) is 9.94. The van der Waals surface area contributed by atoms with Crippen LogP contribution >= 0.6 is 12.2 Å². The van der Waals surface area contributed by atoms with Crippen molar-refractivity contribution in [3.05, 3.63) is 59.9 Å². The Morgan fingerprint density at radius 1 is 1.16 bits per heavy atom. The summed E-state index contributed by atoms with van der Waals surface area (Å²) in [6.45, 7) is 7.11. The van der Waals surface area contributed by atoms with E-state index in [0.717, 1.165) is 5.56 Å². The van der Waals surface area contributed by atoms with E-state index in [4.69, 9.17) is 21.7 Å². The predicted octanol–water partition coefficient (Wildman–Crippen LogP) is 3.59. The molecule has 0 aliphatic carbocycles. The maximum Gasteiger partial charge on any atom is 0.414 e. The van der Waals surface area contributed by atoms with Gasteiger partial charge in [-0.3, -0.25) is 9.69 Å². The van der Waals surface area contributed by atoms with E-state index in [1.54, 1.807) is 17.0 Å². The second-order valence-electron chi connectivity index (χ2n) is 9.50. The number of hydrogen-bond donors (Lipinski definition) is 1. The number of cyclic esters (lactones) is 1. The molecule has 0 aromatic heterocycles. The zero-order chi connectivity index (χ0) is 26.4. The topological polar surface area (TPSA) is 74.4 Å². The molecule has 2 saturated heterocycles. The van der Waals surface area contributed by atoms with Gasteiger partial charge in [0.15, 0.2) is 0 Å². The number of amides is 2. The van der Waals surface area contributed by atoms with E-state index in [9.17, 15) is 9.59 Å². The van der Waals surface area contributed by atoms with E-state index in [1.165, 1.54) is 11.0 Å². The molecule has 0 bridgehead atoms. The lowest BCUT2D eigenvalue weighted by molar-refractivity contribution is -0.136. The van der Waals surface area contributed by atoms with Gasteiger partial charge < -0.3 is 24.6 Å². The standard InChI is InChI=1S/C27H33FN4O4S/c1-19(2)26(37)29-15-22-16-32(27(34)36-22)21-8-9-24(23(28)14-21)30-10-12-31(13-11-30)25(33)18-35-17-20-6-4-3-5-7-20/h3-9,14,19,22H,10-13,15-18H2,1-2H3,(H,29,37). The van der Waals surface area contributed by atoms with Gasteiger partial charge >= 0.3 is 6.09 Å². The molecule has 1 atom stereocenters. The number of nitrogens with zero attached hydrogens (tertiary/aromatic N) is 3. The number of piperazine rings is 1. The lowest BCUT2D eigenvalue weighted by atomic mass is 10.2. The lowest BCUT2D eigenvalue weighted by Gasteiger charge is -2.36. The molecule has 2 aliphatic rings. The van der Waals surface area contributed by atoms with Crippen molar-refractivity contribution in [2.45, 2.75) is 26.6 Å². The number of thiocarbonyl (C=S) groups is 1. The van der Waals surface area contributed by atoms with Gasteiger partial charge in [0.2, 0.25) is 5.91 Å². The summed E-state index contributed by atoms with van der Waals surface area (Å²) in [6, 6.07) is 14.5. The van der Waals surface area contributed by atoms with Crippen LogP contribution in [0.1, 0.15) is 19.4 Å². The van der Waals surface area contributed by atoms with Crippen LogP contribution in [-0.2, 0) is 20.9 Å². The number of hydrogen-bond acceptors (Lipinski definition) is 6. The third-order valence-corrected chi connectivity index (χ3v) is 7.07. The van der Waals surface area contributed by atoms with Crippen molar-refractivity contribution in [2.75, 3.05) is 55.7 Å². The van der Waals surface area contributed by atoms with E-state index < -0.39 is 11.9 Å². The molecule has 0 radical (unpaired) electrons. The monoisotopic (exact) mass is 528 g/mol. The van der Waals surface area contributed by atoms with Crippen LogP contribution in [0.4, 0.5) is 20.6 Å². The van der Waals surface area contributed by atoms with Gasteiger partial charge in [-0.25, -0.2) is 9.18 Å². The van der Waals surface area contributed by atoms with E-state index in [-0.39, 0.29) is 24.5 Å². The molecule has 2 aromatic carbocycles. The number of halogens is 1. The van der Waals surface area contributed by atoms with E-state index in [0.29, 0.717) is 62.2 Å². The molecule has 10 heteroatoms. The van der Waals surface area contributed by atoms with Gasteiger partial charge in [0.25, 0.3) is 0 Å². The molecule has 1 N–H and O–H groups in total. The first-order valence-corrected chi connectivity index (χ1v) is 12.9. The summed E-state index contributed by atoms with van der Waals surface area (Å²) in [5.41, 5.74) is 1.91. The Morgan fingerprint density at radius 3 is 2.57 bits per heavy atom. The highest BCUT2D eigenvalue weighted by atomic mass is 32.1. The van der Waals surface area contributed by atoms with E-state index in [2.05, 4.69) is 5.32 Å². The van der Waals surface area contributed by atoms with Gasteiger partial charge in [-0.1, -0.05) is 56.4 Å². The first-order valence-electron chi connectivity index (χ1n) is 12.5. The molecule has 2 amide bonds. The van der Waals surface area contributed by atoms with Gasteiger partial charge in [0.05, 0.1) is 36.1 Å². The Balaban J connectivity index is 1.26. The number of anilines is 2. The summed E-state index contributed by atoms with van der Waals surface area (Å²) < 4.78 is 26.1. The van der Waals surface area contributed by atoms with Gasteiger partial charge in [-0.2, -0.15) is 0 Å². The minimum Gasteiger partial charge on any atom is -0.442 e. The highest BCUT2D eigenvalue weighted by Gasteiger charge is 2.33. The summed E-state index contributed by atoms with van der Waals surface area (Å²) in [4.78, 5) is 30.7. The normalized spacial score (nSPS) is 17.8. The third-order valence-electron chi connectivity index (χ3n) is 6.46. The predicted molar refractivity (Wildman–Crippen MR) is 144 cm³/mol. The molecule has 2 heterocycles. The minimum atomic E-state index is -0.504. The van der Waals surface area contributed by atoms with Gasteiger partial charge in [-0.15, -0.1) is 0 Å². The van der Waals surface area contributed by atoms with Crippen LogP contribution in [0.25, 0.3) is 0 Å². The highest BCUT2D eigenvalue weighted by Crippen LogP contribution is 2.28. The van der Waals surface area contributed by atoms with Crippen molar-refractivity contribution in [2.24, 2.45) is 5.92 Å². The fourth-order valence-corrected chi connectivity index (χ4v) is 4.38. The van der Waals surface area contributed by atoms with Crippen molar-refractivity contribution >= 4 is 40.6 Å². The fraction of sp³-hybridized carbons (Fsp3) is 0.444. The van der Waals surface area contributed by atoms with Gasteiger partial charge in [0, 0.05) is 32.1 Å². The second kappa shape index (κ2) is 12.3. The Morgan fingerprint density at radius 2 is 1.89 bits per heavy atom. The molecule has 0 spiro atoms. The van der Waals surface area contributed by atoms with Crippen LogP contribution in [0, 0.1) is 11.7 Å². The summed E-state index contributed by atoms with van der Waals surface area (Å²) >= 11 is 5.27. The van der Waals surface area contributed by atoms with Crippen molar-refractivity contribution < 1.29 is 23.5 Å². The molecule has 2 aliphatic heterocycles. The number of ether oxygens (including phenoxy) is 2. The summed E-state index contributed by atoms with van der Waals surface area (Å²) in [7, 11) is 0. The average Bonchev–Trinajstić information content (AvgIpc) is 3.28. The molecule has 4 rings (SSSR count). The number of benzene rings is 2. The van der Waals surface area contributed by atoms with Crippen molar-refractivity contribution in [1.82, 2.24) is 10.2 Å². The molecular formula is C27H33FN4O4S. The molecule has 198 valence electrons. The van der Waals surface area contributed by atoms with Crippen LogP contribution in [-0.4, -0.2) is 73.9 Å². The number of carbonyl (C=O) groups excluding carboxylic acids is 2. The average molecular weight is 529 g/mol. The van der Waals surface area contributed by atoms with Gasteiger partial charge in [-0.05, 0) is 23.8 Å². The highest BCUT2D eigenvalue weighted by molar-refractivity contribution is 7.80. The van der Waals surface area contributed by atoms with E-state index in [1.807, 2.05) is 49.1 Å². The van der Waals surface area contributed by atoms with Crippen molar-refractivity contribution in [3.63, 3.8) is 0 Å². The molecule has 37 heavy (non-hydrogen) atoms. The Hall–Kier alpha value is -3.24. The Kier molecular flexibility index (Phi) is 8.94. The van der Waals surface area contributed by atoms with Crippen LogP contribution < -0.4 is 15.1 Å². The maximum absolute atomic E-state index is 15.1. The summed E-state index contributed by atoms with van der Waals surface area (Å²) in [5, 5.41) is 3.12. The van der Waals surface area contributed by atoms with Crippen molar-refractivity contribution in [3.8, 4) is 0 Å². The third kappa shape index (κ3) is 6.95. The maximum atomic E-state index is 15.1. The minimum absolute atomic E-state index is 0.0175. The molecule has 2 fully saturated rings. The molecular weight excluding hydrogens is 495 g/mol. The lowest BCUT2D eigenvalue weighted by Crippen LogP contribution is -2.50. The number of carbonyl (C=O) groups is 2. The van der Waals surface area contributed by atoms with Crippen LogP contribution in [0.2, 0.25) is 0 Å². The quantitative estimate of drug-likeness (QED) is 0.499. The van der Waals surface area contributed by atoms with Crippen LogP contribution in [0.5, 0.6) is 0 Å². The molecule has 8 nitrogen and oxygen atoms in total. The largest absolute Gasteiger partial charge is 0.442 e. The van der Waals surface area contributed by atoms with Crippen LogP contribution in [0.3, 0.4) is 0 Å².